The zero-order chi connectivity index (χ0) is 21.2. The standard InChI is InChI=1S/C21H25N3O4S/c1-22(2)21(26)17-8-10-19(11-9-17)24(29(3,27)28)15-20(25)23-13-12-16-6-4-5-7-18(16)14-23/h4-11H,12-15H2,1-3H3. The number of sulfonamides is 1. The molecule has 0 fully saturated rings. The zero-order valence-corrected chi connectivity index (χ0v) is 17.6. The Morgan fingerprint density at radius 1 is 1.00 bits per heavy atom. The summed E-state index contributed by atoms with van der Waals surface area (Å²) in [4.78, 5) is 28.0. The van der Waals surface area contributed by atoms with Gasteiger partial charge in [0.25, 0.3) is 5.91 Å². The molecule has 2 aromatic rings. The number of carbonyl (C=O) groups excluding carboxylic acids is 2. The van der Waals surface area contributed by atoms with Crippen molar-refractivity contribution in [3.8, 4) is 0 Å². The van der Waals surface area contributed by atoms with Gasteiger partial charge in [0, 0.05) is 32.7 Å². The van der Waals surface area contributed by atoms with Crippen LogP contribution < -0.4 is 4.31 Å². The molecule has 7 nitrogen and oxygen atoms in total. The Morgan fingerprint density at radius 3 is 2.21 bits per heavy atom. The fourth-order valence-electron chi connectivity index (χ4n) is 3.36. The quantitative estimate of drug-likeness (QED) is 0.745. The Morgan fingerprint density at radius 2 is 1.62 bits per heavy atom. The summed E-state index contributed by atoms with van der Waals surface area (Å²) in [5.74, 6) is -0.427. The summed E-state index contributed by atoms with van der Waals surface area (Å²) < 4.78 is 25.8. The maximum atomic E-state index is 12.9. The van der Waals surface area contributed by atoms with Gasteiger partial charge in [0.15, 0.2) is 0 Å². The van der Waals surface area contributed by atoms with Crippen molar-refractivity contribution in [2.45, 2.75) is 13.0 Å². The summed E-state index contributed by atoms with van der Waals surface area (Å²) >= 11 is 0. The minimum atomic E-state index is -3.67. The molecule has 0 radical (unpaired) electrons. The molecule has 0 saturated carbocycles. The molecule has 0 saturated heterocycles. The van der Waals surface area contributed by atoms with Crippen molar-refractivity contribution in [3.05, 3.63) is 65.2 Å². The highest BCUT2D eigenvalue weighted by Crippen LogP contribution is 2.22. The minimum Gasteiger partial charge on any atom is -0.345 e. The van der Waals surface area contributed by atoms with Gasteiger partial charge in [-0.15, -0.1) is 0 Å². The van der Waals surface area contributed by atoms with Crippen molar-refractivity contribution in [2.75, 3.05) is 37.7 Å². The lowest BCUT2D eigenvalue weighted by molar-refractivity contribution is -0.130. The maximum Gasteiger partial charge on any atom is 0.253 e. The van der Waals surface area contributed by atoms with E-state index >= 15 is 0 Å². The number of hydrogen-bond acceptors (Lipinski definition) is 4. The molecule has 0 unspecified atom stereocenters. The number of carbonyl (C=O) groups is 2. The van der Waals surface area contributed by atoms with Crippen molar-refractivity contribution >= 4 is 27.5 Å². The molecule has 3 rings (SSSR count). The smallest absolute Gasteiger partial charge is 0.253 e. The number of fused-ring (bicyclic) bond motifs is 1. The van der Waals surface area contributed by atoms with Crippen LogP contribution in [0.5, 0.6) is 0 Å². The van der Waals surface area contributed by atoms with Crippen LogP contribution >= 0.6 is 0 Å². The Balaban J connectivity index is 1.78. The van der Waals surface area contributed by atoms with Crippen LogP contribution in [0, 0.1) is 0 Å². The van der Waals surface area contributed by atoms with Gasteiger partial charge in [-0.2, -0.15) is 0 Å². The number of benzene rings is 2. The molecule has 0 spiro atoms. The Hall–Kier alpha value is -2.87. The highest BCUT2D eigenvalue weighted by Gasteiger charge is 2.26. The third-order valence-electron chi connectivity index (χ3n) is 4.97. The van der Waals surface area contributed by atoms with Gasteiger partial charge in [-0.3, -0.25) is 13.9 Å². The monoisotopic (exact) mass is 415 g/mol. The Kier molecular flexibility index (Phi) is 5.93. The van der Waals surface area contributed by atoms with Crippen molar-refractivity contribution < 1.29 is 18.0 Å². The average molecular weight is 416 g/mol. The first kappa shape index (κ1) is 20.9. The van der Waals surface area contributed by atoms with Crippen molar-refractivity contribution in [1.82, 2.24) is 9.80 Å². The van der Waals surface area contributed by atoms with E-state index in [1.54, 1.807) is 43.3 Å². The van der Waals surface area contributed by atoms with E-state index in [1.807, 2.05) is 18.2 Å². The third kappa shape index (κ3) is 4.76. The molecular formula is C21H25N3O4S. The maximum absolute atomic E-state index is 12.9. The summed E-state index contributed by atoms with van der Waals surface area (Å²) in [6.07, 6.45) is 1.83. The van der Waals surface area contributed by atoms with Crippen molar-refractivity contribution in [1.29, 1.82) is 0 Å². The first-order chi connectivity index (χ1) is 13.7. The van der Waals surface area contributed by atoms with E-state index in [-0.39, 0.29) is 18.4 Å². The fourth-order valence-corrected chi connectivity index (χ4v) is 4.21. The average Bonchev–Trinajstić information content (AvgIpc) is 2.70. The lowest BCUT2D eigenvalue weighted by atomic mass is 10.00. The van der Waals surface area contributed by atoms with E-state index in [0.717, 1.165) is 22.5 Å². The van der Waals surface area contributed by atoms with E-state index in [0.29, 0.717) is 24.3 Å². The molecule has 8 heteroatoms. The molecule has 0 bridgehead atoms. The van der Waals surface area contributed by atoms with Gasteiger partial charge in [-0.1, -0.05) is 24.3 Å². The third-order valence-corrected chi connectivity index (χ3v) is 6.11. The highest BCUT2D eigenvalue weighted by molar-refractivity contribution is 7.92. The number of rotatable bonds is 5. The topological polar surface area (TPSA) is 78.0 Å². The predicted octanol–water partition coefficient (Wildman–Crippen LogP) is 1.74. The zero-order valence-electron chi connectivity index (χ0n) is 16.8. The van der Waals surface area contributed by atoms with Gasteiger partial charge in [-0.05, 0) is 41.8 Å². The molecule has 1 aliphatic rings. The molecule has 2 amide bonds. The van der Waals surface area contributed by atoms with Gasteiger partial charge in [0.1, 0.15) is 6.54 Å². The van der Waals surface area contributed by atoms with E-state index < -0.39 is 10.0 Å². The van der Waals surface area contributed by atoms with E-state index in [1.165, 1.54) is 10.5 Å². The normalized spacial score (nSPS) is 13.6. The van der Waals surface area contributed by atoms with Crippen LogP contribution in [0.25, 0.3) is 0 Å². The van der Waals surface area contributed by atoms with Crippen LogP contribution in [-0.2, 0) is 27.8 Å². The molecule has 29 heavy (non-hydrogen) atoms. The highest BCUT2D eigenvalue weighted by atomic mass is 32.2. The fraction of sp³-hybridized carbons (Fsp3) is 0.333. The van der Waals surface area contributed by atoms with E-state index in [2.05, 4.69) is 6.07 Å². The number of nitrogens with zero attached hydrogens (tertiary/aromatic N) is 3. The lowest BCUT2D eigenvalue weighted by Gasteiger charge is -2.31. The van der Waals surface area contributed by atoms with Crippen LogP contribution in [-0.4, -0.2) is 63.5 Å². The summed E-state index contributed by atoms with van der Waals surface area (Å²) in [6.45, 7) is 0.759. The van der Waals surface area contributed by atoms with Crippen LogP contribution in [0.1, 0.15) is 21.5 Å². The summed E-state index contributed by atoms with van der Waals surface area (Å²) in [6, 6.07) is 14.2. The van der Waals surface area contributed by atoms with Gasteiger partial charge in [0.2, 0.25) is 15.9 Å². The Labute approximate surface area is 171 Å². The summed E-state index contributed by atoms with van der Waals surface area (Å²) in [5, 5.41) is 0. The molecule has 1 heterocycles. The molecular weight excluding hydrogens is 390 g/mol. The predicted molar refractivity (Wildman–Crippen MR) is 112 cm³/mol. The molecule has 154 valence electrons. The lowest BCUT2D eigenvalue weighted by Crippen LogP contribution is -2.44. The van der Waals surface area contributed by atoms with Crippen molar-refractivity contribution in [3.63, 3.8) is 0 Å². The number of amides is 2. The second kappa shape index (κ2) is 8.24. The van der Waals surface area contributed by atoms with Gasteiger partial charge in [-0.25, -0.2) is 8.42 Å². The number of hydrogen-bond donors (Lipinski definition) is 0. The van der Waals surface area contributed by atoms with Crippen molar-refractivity contribution in [2.24, 2.45) is 0 Å². The summed E-state index contributed by atoms with van der Waals surface area (Å²) in [7, 11) is -0.377. The Bertz CT molecular complexity index is 1020. The first-order valence-electron chi connectivity index (χ1n) is 9.31. The van der Waals surface area contributed by atoms with Crippen LogP contribution in [0.3, 0.4) is 0 Å². The number of anilines is 1. The largest absolute Gasteiger partial charge is 0.345 e. The van der Waals surface area contributed by atoms with Crippen LogP contribution in [0.2, 0.25) is 0 Å². The van der Waals surface area contributed by atoms with Crippen LogP contribution in [0.15, 0.2) is 48.5 Å². The summed E-state index contributed by atoms with van der Waals surface area (Å²) in [5.41, 5.74) is 3.11. The van der Waals surface area contributed by atoms with E-state index in [4.69, 9.17) is 0 Å². The van der Waals surface area contributed by atoms with Gasteiger partial charge >= 0.3 is 0 Å². The molecule has 0 N–H and O–H groups in total. The molecule has 0 atom stereocenters. The van der Waals surface area contributed by atoms with Gasteiger partial charge in [0.05, 0.1) is 11.9 Å². The second-order valence-corrected chi connectivity index (χ2v) is 9.26. The van der Waals surface area contributed by atoms with E-state index in [9.17, 15) is 18.0 Å². The molecule has 0 aliphatic carbocycles. The molecule has 1 aliphatic heterocycles. The SMILES string of the molecule is CN(C)C(=O)c1ccc(N(CC(=O)N2CCc3ccccc3C2)S(C)(=O)=O)cc1. The molecule has 0 aromatic heterocycles. The van der Waals surface area contributed by atoms with Gasteiger partial charge < -0.3 is 9.80 Å². The molecule has 2 aromatic carbocycles. The first-order valence-corrected chi connectivity index (χ1v) is 11.2. The van der Waals surface area contributed by atoms with Crippen LogP contribution in [0.4, 0.5) is 5.69 Å². The second-order valence-electron chi connectivity index (χ2n) is 7.35. The minimum absolute atomic E-state index is 0.175.